The van der Waals surface area contributed by atoms with Gasteiger partial charge >= 0.3 is 0 Å². The molecule has 3 N–H and O–H groups in total. The molecule has 1 aliphatic rings. The fraction of sp³-hybridized carbons (Fsp3) is 0.533. The summed E-state index contributed by atoms with van der Waals surface area (Å²) in [4.78, 5) is 12.1. The average molecular weight is 262 g/mol. The van der Waals surface area contributed by atoms with Gasteiger partial charge in [0.1, 0.15) is 0 Å². The van der Waals surface area contributed by atoms with Crippen LogP contribution >= 0.6 is 0 Å². The van der Waals surface area contributed by atoms with Crippen LogP contribution in [0.4, 0.5) is 0 Å². The number of hydrogen-bond acceptors (Lipinski definition) is 3. The van der Waals surface area contributed by atoms with Gasteiger partial charge in [0.05, 0.1) is 12.1 Å². The second-order valence-corrected chi connectivity index (χ2v) is 5.02. The summed E-state index contributed by atoms with van der Waals surface area (Å²) in [5.41, 5.74) is 7.36. The van der Waals surface area contributed by atoms with Crippen LogP contribution in [-0.4, -0.2) is 31.7 Å². The van der Waals surface area contributed by atoms with Crippen LogP contribution in [-0.2, 0) is 11.2 Å². The maximum Gasteiger partial charge on any atom is 0.251 e. The Morgan fingerprint density at radius 3 is 2.74 bits per heavy atom. The summed E-state index contributed by atoms with van der Waals surface area (Å²) < 4.78 is 5.38. The van der Waals surface area contributed by atoms with Crippen molar-refractivity contribution < 1.29 is 9.53 Å². The highest BCUT2D eigenvalue weighted by molar-refractivity contribution is 5.94. The summed E-state index contributed by atoms with van der Waals surface area (Å²) in [6.45, 7) is 0.628. The van der Waals surface area contributed by atoms with Crippen molar-refractivity contribution in [3.8, 4) is 0 Å². The molecule has 0 spiro atoms. The van der Waals surface area contributed by atoms with Gasteiger partial charge in [-0.15, -0.1) is 0 Å². The SMILES string of the molecule is COC1CCCC1NC(=O)c1ccc(CCN)cc1. The van der Waals surface area contributed by atoms with E-state index >= 15 is 0 Å². The van der Waals surface area contributed by atoms with E-state index in [0.717, 1.165) is 31.2 Å². The predicted molar refractivity (Wildman–Crippen MR) is 75.1 cm³/mol. The molecule has 19 heavy (non-hydrogen) atoms. The number of carbonyl (C=O) groups is 1. The number of rotatable bonds is 5. The molecule has 1 aliphatic carbocycles. The molecule has 0 bridgehead atoms. The second kappa shape index (κ2) is 6.68. The van der Waals surface area contributed by atoms with Crippen molar-refractivity contribution >= 4 is 5.91 Å². The summed E-state index contributed by atoms with van der Waals surface area (Å²) >= 11 is 0. The Morgan fingerprint density at radius 1 is 1.37 bits per heavy atom. The molecule has 0 heterocycles. The molecule has 2 rings (SSSR count). The van der Waals surface area contributed by atoms with Gasteiger partial charge in [-0.3, -0.25) is 4.79 Å². The molecule has 2 atom stereocenters. The van der Waals surface area contributed by atoms with Crippen molar-refractivity contribution in [2.24, 2.45) is 5.73 Å². The van der Waals surface area contributed by atoms with Gasteiger partial charge in [0.2, 0.25) is 0 Å². The average Bonchev–Trinajstić information content (AvgIpc) is 2.87. The Morgan fingerprint density at radius 2 is 2.11 bits per heavy atom. The fourth-order valence-electron chi connectivity index (χ4n) is 2.61. The van der Waals surface area contributed by atoms with Gasteiger partial charge in [-0.2, -0.15) is 0 Å². The fourth-order valence-corrected chi connectivity index (χ4v) is 2.61. The first-order chi connectivity index (χ1) is 9.24. The minimum atomic E-state index is -0.0201. The summed E-state index contributed by atoms with van der Waals surface area (Å²) in [6.07, 6.45) is 4.13. The summed E-state index contributed by atoms with van der Waals surface area (Å²) in [6, 6.07) is 7.78. The molecule has 0 radical (unpaired) electrons. The first kappa shape index (κ1) is 14.0. The van der Waals surface area contributed by atoms with Gasteiger partial charge in [-0.25, -0.2) is 0 Å². The van der Waals surface area contributed by atoms with Crippen LogP contribution in [0.25, 0.3) is 0 Å². The first-order valence-corrected chi connectivity index (χ1v) is 6.87. The van der Waals surface area contributed by atoms with E-state index in [1.165, 1.54) is 0 Å². The van der Waals surface area contributed by atoms with Gasteiger partial charge in [0, 0.05) is 12.7 Å². The highest BCUT2D eigenvalue weighted by atomic mass is 16.5. The topological polar surface area (TPSA) is 64.3 Å². The normalized spacial score (nSPS) is 22.4. The van der Waals surface area contributed by atoms with Gasteiger partial charge in [-0.05, 0) is 49.9 Å². The van der Waals surface area contributed by atoms with Crippen LogP contribution in [0.15, 0.2) is 24.3 Å². The van der Waals surface area contributed by atoms with Crippen LogP contribution in [0.1, 0.15) is 35.2 Å². The highest BCUT2D eigenvalue weighted by Gasteiger charge is 2.28. The maximum absolute atomic E-state index is 12.1. The zero-order valence-electron chi connectivity index (χ0n) is 11.4. The van der Waals surface area contributed by atoms with Crippen molar-refractivity contribution in [2.75, 3.05) is 13.7 Å². The molecule has 2 unspecified atom stereocenters. The van der Waals surface area contributed by atoms with Gasteiger partial charge in [0.25, 0.3) is 5.91 Å². The number of ether oxygens (including phenoxy) is 1. The smallest absolute Gasteiger partial charge is 0.251 e. The van der Waals surface area contributed by atoms with Crippen molar-refractivity contribution in [1.29, 1.82) is 0 Å². The van der Waals surface area contributed by atoms with E-state index in [0.29, 0.717) is 12.1 Å². The predicted octanol–water partition coefficient (Wildman–Crippen LogP) is 1.49. The molecular weight excluding hydrogens is 240 g/mol. The van der Waals surface area contributed by atoms with Gasteiger partial charge in [0.15, 0.2) is 0 Å². The molecule has 0 saturated heterocycles. The molecule has 104 valence electrons. The zero-order valence-corrected chi connectivity index (χ0v) is 11.4. The van der Waals surface area contributed by atoms with Crippen molar-refractivity contribution in [2.45, 2.75) is 37.8 Å². The molecule has 0 aromatic heterocycles. The highest BCUT2D eigenvalue weighted by Crippen LogP contribution is 2.21. The van der Waals surface area contributed by atoms with E-state index in [9.17, 15) is 4.79 Å². The van der Waals surface area contributed by atoms with E-state index in [1.54, 1.807) is 7.11 Å². The van der Waals surface area contributed by atoms with E-state index < -0.39 is 0 Å². The Hall–Kier alpha value is -1.39. The minimum absolute atomic E-state index is 0.0201. The molecule has 4 heteroatoms. The number of nitrogens with one attached hydrogen (secondary N) is 1. The molecular formula is C15H22N2O2. The van der Waals surface area contributed by atoms with Gasteiger partial charge < -0.3 is 15.8 Å². The van der Waals surface area contributed by atoms with Crippen molar-refractivity contribution in [1.82, 2.24) is 5.32 Å². The van der Waals surface area contributed by atoms with Crippen LogP contribution in [0, 0.1) is 0 Å². The third kappa shape index (κ3) is 3.55. The number of nitrogens with two attached hydrogens (primary N) is 1. The quantitative estimate of drug-likeness (QED) is 0.845. The Kier molecular flexibility index (Phi) is 4.93. The van der Waals surface area contributed by atoms with Crippen LogP contribution < -0.4 is 11.1 Å². The number of methoxy groups -OCH3 is 1. The summed E-state index contributed by atoms with van der Waals surface area (Å²) in [5, 5.41) is 3.06. The molecule has 0 aliphatic heterocycles. The maximum atomic E-state index is 12.1. The lowest BCUT2D eigenvalue weighted by molar-refractivity contribution is 0.0722. The number of hydrogen-bond donors (Lipinski definition) is 2. The van der Waals surface area contributed by atoms with Crippen molar-refractivity contribution in [3.05, 3.63) is 35.4 Å². The van der Waals surface area contributed by atoms with E-state index in [4.69, 9.17) is 10.5 Å². The Labute approximate surface area is 114 Å². The molecule has 1 aromatic carbocycles. The largest absolute Gasteiger partial charge is 0.379 e. The number of benzene rings is 1. The third-order valence-electron chi connectivity index (χ3n) is 3.72. The lowest BCUT2D eigenvalue weighted by atomic mass is 10.1. The van der Waals surface area contributed by atoms with Crippen LogP contribution in [0.5, 0.6) is 0 Å². The van der Waals surface area contributed by atoms with Crippen molar-refractivity contribution in [3.63, 3.8) is 0 Å². The summed E-state index contributed by atoms with van der Waals surface area (Å²) in [7, 11) is 1.71. The second-order valence-electron chi connectivity index (χ2n) is 5.02. The van der Waals surface area contributed by atoms with E-state index in [1.807, 2.05) is 24.3 Å². The summed E-state index contributed by atoms with van der Waals surface area (Å²) in [5.74, 6) is -0.0201. The molecule has 1 amide bonds. The number of carbonyl (C=O) groups excluding carboxylic acids is 1. The lowest BCUT2D eigenvalue weighted by Gasteiger charge is -2.19. The Bertz CT molecular complexity index is 417. The van der Waals surface area contributed by atoms with E-state index in [-0.39, 0.29) is 18.1 Å². The Balaban J connectivity index is 1.95. The monoisotopic (exact) mass is 262 g/mol. The number of amides is 1. The zero-order chi connectivity index (χ0) is 13.7. The minimum Gasteiger partial charge on any atom is -0.379 e. The van der Waals surface area contributed by atoms with Gasteiger partial charge in [-0.1, -0.05) is 12.1 Å². The van der Waals surface area contributed by atoms with Crippen LogP contribution in [0.2, 0.25) is 0 Å². The molecule has 1 fully saturated rings. The van der Waals surface area contributed by atoms with E-state index in [2.05, 4.69) is 5.32 Å². The molecule has 1 aromatic rings. The van der Waals surface area contributed by atoms with Crippen LogP contribution in [0.3, 0.4) is 0 Å². The lowest BCUT2D eigenvalue weighted by Crippen LogP contribution is -2.40. The third-order valence-corrected chi connectivity index (χ3v) is 3.72. The first-order valence-electron chi connectivity index (χ1n) is 6.87. The molecule has 4 nitrogen and oxygen atoms in total. The molecule has 1 saturated carbocycles. The standard InChI is InChI=1S/C15H22N2O2/c1-19-14-4-2-3-13(14)17-15(18)12-7-5-11(6-8-12)9-10-16/h5-8,13-14H,2-4,9-10,16H2,1H3,(H,17,18).